The van der Waals surface area contributed by atoms with E-state index in [0.717, 1.165) is 5.92 Å². The van der Waals surface area contributed by atoms with Gasteiger partial charge in [0.1, 0.15) is 0 Å². The molecule has 1 heterocycles. The van der Waals surface area contributed by atoms with E-state index in [1.165, 1.54) is 24.8 Å². The van der Waals surface area contributed by atoms with E-state index in [2.05, 4.69) is 25.1 Å². The first-order chi connectivity index (χ1) is 5.68. The fourth-order valence-electron chi connectivity index (χ4n) is 1.32. The fourth-order valence-corrected chi connectivity index (χ4v) is 1.32. The Kier molecular flexibility index (Phi) is 3.32. The summed E-state index contributed by atoms with van der Waals surface area (Å²) in [7, 11) is 1.96. The van der Waals surface area contributed by atoms with Gasteiger partial charge in [0.05, 0.1) is 6.20 Å². The van der Waals surface area contributed by atoms with Gasteiger partial charge in [0, 0.05) is 13.2 Å². The van der Waals surface area contributed by atoms with Crippen molar-refractivity contribution < 1.29 is 0 Å². The summed E-state index contributed by atoms with van der Waals surface area (Å²) in [6.45, 7) is 4.53. The molecule has 0 aliphatic rings. The second-order valence-corrected chi connectivity index (χ2v) is 3.81. The molecule has 0 saturated carbocycles. The van der Waals surface area contributed by atoms with Gasteiger partial charge in [-0.1, -0.05) is 20.3 Å². The largest absolute Gasteiger partial charge is 0.276 e. The number of aromatic nitrogens is 2. The molecule has 0 radical (unpaired) electrons. The third-order valence-electron chi connectivity index (χ3n) is 2.01. The van der Waals surface area contributed by atoms with Crippen LogP contribution in [0.4, 0.5) is 0 Å². The average molecular weight is 166 g/mol. The van der Waals surface area contributed by atoms with Crippen LogP contribution in [0.2, 0.25) is 0 Å². The van der Waals surface area contributed by atoms with Crippen molar-refractivity contribution >= 4 is 0 Å². The normalized spacial score (nSPS) is 11.0. The van der Waals surface area contributed by atoms with Crippen LogP contribution in [0, 0.1) is 5.92 Å². The molecule has 2 heteroatoms. The molecule has 2 nitrogen and oxygen atoms in total. The van der Waals surface area contributed by atoms with Crippen LogP contribution in [0.1, 0.15) is 32.3 Å². The van der Waals surface area contributed by atoms with Crippen LogP contribution in [0.15, 0.2) is 12.4 Å². The summed E-state index contributed by atoms with van der Waals surface area (Å²) in [5, 5.41) is 4.13. The van der Waals surface area contributed by atoms with Crippen LogP contribution >= 0.6 is 0 Å². The Morgan fingerprint density at radius 1 is 1.50 bits per heavy atom. The maximum Gasteiger partial charge on any atom is 0.0521 e. The molecule has 0 saturated heterocycles. The molecule has 0 aliphatic carbocycles. The van der Waals surface area contributed by atoms with Crippen LogP contribution < -0.4 is 0 Å². The summed E-state index contributed by atoms with van der Waals surface area (Å²) in [6, 6.07) is 0. The van der Waals surface area contributed by atoms with E-state index >= 15 is 0 Å². The second kappa shape index (κ2) is 4.29. The van der Waals surface area contributed by atoms with Crippen LogP contribution in [0.25, 0.3) is 0 Å². The van der Waals surface area contributed by atoms with Crippen molar-refractivity contribution in [2.45, 2.75) is 33.1 Å². The number of hydrogen-bond donors (Lipinski definition) is 0. The van der Waals surface area contributed by atoms with Gasteiger partial charge in [0.15, 0.2) is 0 Å². The van der Waals surface area contributed by atoms with Gasteiger partial charge in [-0.05, 0) is 24.3 Å². The van der Waals surface area contributed by atoms with Crippen molar-refractivity contribution in [2.24, 2.45) is 13.0 Å². The van der Waals surface area contributed by atoms with Crippen molar-refractivity contribution in [1.82, 2.24) is 9.78 Å². The molecule has 12 heavy (non-hydrogen) atoms. The molecular formula is C10H18N2. The highest BCUT2D eigenvalue weighted by Crippen LogP contribution is 2.08. The number of rotatable bonds is 4. The van der Waals surface area contributed by atoms with Crippen LogP contribution in [-0.4, -0.2) is 9.78 Å². The highest BCUT2D eigenvalue weighted by atomic mass is 15.2. The molecule has 0 N–H and O–H groups in total. The second-order valence-electron chi connectivity index (χ2n) is 3.81. The smallest absolute Gasteiger partial charge is 0.0521 e. The van der Waals surface area contributed by atoms with Gasteiger partial charge < -0.3 is 0 Å². The highest BCUT2D eigenvalue weighted by Gasteiger charge is 1.97. The number of nitrogens with zero attached hydrogens (tertiary/aromatic N) is 2. The lowest BCUT2D eigenvalue weighted by Crippen LogP contribution is -1.89. The Morgan fingerprint density at radius 3 is 2.75 bits per heavy atom. The predicted molar refractivity (Wildman–Crippen MR) is 51.0 cm³/mol. The monoisotopic (exact) mass is 166 g/mol. The molecule has 0 aromatic carbocycles. The molecule has 0 spiro atoms. The minimum Gasteiger partial charge on any atom is -0.276 e. The van der Waals surface area contributed by atoms with Gasteiger partial charge in [-0.25, -0.2) is 0 Å². The quantitative estimate of drug-likeness (QED) is 0.671. The Morgan fingerprint density at radius 2 is 2.25 bits per heavy atom. The number of hydrogen-bond acceptors (Lipinski definition) is 1. The van der Waals surface area contributed by atoms with Crippen molar-refractivity contribution in [1.29, 1.82) is 0 Å². The highest BCUT2D eigenvalue weighted by molar-refractivity contribution is 5.03. The van der Waals surface area contributed by atoms with Crippen molar-refractivity contribution in [3.63, 3.8) is 0 Å². The van der Waals surface area contributed by atoms with Gasteiger partial charge in [-0.3, -0.25) is 4.68 Å². The van der Waals surface area contributed by atoms with E-state index in [9.17, 15) is 0 Å². The van der Waals surface area contributed by atoms with Crippen molar-refractivity contribution in [2.75, 3.05) is 0 Å². The molecule has 0 amide bonds. The minimum absolute atomic E-state index is 0.821. The number of aryl methyl sites for hydroxylation is 2. The van der Waals surface area contributed by atoms with E-state index in [-0.39, 0.29) is 0 Å². The van der Waals surface area contributed by atoms with Crippen LogP contribution in [-0.2, 0) is 13.5 Å². The lowest BCUT2D eigenvalue weighted by Gasteiger charge is -2.01. The Labute approximate surface area is 74.6 Å². The summed E-state index contributed by atoms with van der Waals surface area (Å²) in [4.78, 5) is 0. The van der Waals surface area contributed by atoms with Crippen molar-refractivity contribution in [3.05, 3.63) is 18.0 Å². The van der Waals surface area contributed by atoms with E-state index in [1.54, 1.807) is 0 Å². The van der Waals surface area contributed by atoms with E-state index in [1.807, 2.05) is 17.9 Å². The standard InChI is InChI=1S/C10H18N2/c1-9(2)5-4-6-10-7-11-12(3)8-10/h7-9H,4-6H2,1-3H3. The topological polar surface area (TPSA) is 17.8 Å². The fraction of sp³-hybridized carbons (Fsp3) is 0.700. The molecule has 0 bridgehead atoms. The van der Waals surface area contributed by atoms with E-state index in [0.29, 0.717) is 0 Å². The van der Waals surface area contributed by atoms with Crippen LogP contribution in [0.5, 0.6) is 0 Å². The van der Waals surface area contributed by atoms with Gasteiger partial charge >= 0.3 is 0 Å². The van der Waals surface area contributed by atoms with Gasteiger partial charge in [-0.2, -0.15) is 5.10 Å². The Balaban J connectivity index is 2.24. The zero-order valence-electron chi connectivity index (χ0n) is 8.25. The summed E-state index contributed by atoms with van der Waals surface area (Å²) < 4.78 is 1.87. The van der Waals surface area contributed by atoms with Gasteiger partial charge in [0.2, 0.25) is 0 Å². The Hall–Kier alpha value is -0.790. The van der Waals surface area contributed by atoms with Crippen LogP contribution in [0.3, 0.4) is 0 Å². The molecule has 0 atom stereocenters. The summed E-state index contributed by atoms with van der Waals surface area (Å²) in [6.07, 6.45) is 7.82. The zero-order chi connectivity index (χ0) is 8.97. The summed E-state index contributed by atoms with van der Waals surface area (Å²) in [5.74, 6) is 0.821. The summed E-state index contributed by atoms with van der Waals surface area (Å²) in [5.41, 5.74) is 1.36. The third kappa shape index (κ3) is 3.07. The Bertz CT molecular complexity index is 225. The van der Waals surface area contributed by atoms with Gasteiger partial charge in [0.25, 0.3) is 0 Å². The van der Waals surface area contributed by atoms with Gasteiger partial charge in [-0.15, -0.1) is 0 Å². The molecule has 1 aromatic heterocycles. The average Bonchev–Trinajstić information content (AvgIpc) is 2.35. The molecular weight excluding hydrogens is 148 g/mol. The molecule has 0 unspecified atom stereocenters. The van der Waals surface area contributed by atoms with E-state index in [4.69, 9.17) is 0 Å². The molecule has 0 aliphatic heterocycles. The van der Waals surface area contributed by atoms with E-state index < -0.39 is 0 Å². The first-order valence-corrected chi connectivity index (χ1v) is 4.66. The molecule has 0 fully saturated rings. The SMILES string of the molecule is CC(C)CCCc1cnn(C)c1. The predicted octanol–water partition coefficient (Wildman–Crippen LogP) is 2.40. The first kappa shape index (κ1) is 9.30. The maximum atomic E-state index is 4.13. The third-order valence-corrected chi connectivity index (χ3v) is 2.01. The molecule has 68 valence electrons. The summed E-state index contributed by atoms with van der Waals surface area (Å²) >= 11 is 0. The molecule has 1 aromatic rings. The zero-order valence-corrected chi connectivity index (χ0v) is 8.25. The first-order valence-electron chi connectivity index (χ1n) is 4.66. The maximum absolute atomic E-state index is 4.13. The lowest BCUT2D eigenvalue weighted by atomic mass is 10.0. The van der Waals surface area contributed by atoms with Crippen molar-refractivity contribution in [3.8, 4) is 0 Å². The molecule has 1 rings (SSSR count). The lowest BCUT2D eigenvalue weighted by molar-refractivity contribution is 0.555. The minimum atomic E-state index is 0.821.